The molecule has 3 amide bonds. The first-order valence-corrected chi connectivity index (χ1v) is 6.76. The number of hydrogen-bond acceptors (Lipinski definition) is 3. The summed E-state index contributed by atoms with van der Waals surface area (Å²) in [6.45, 7) is 1.76. The summed E-state index contributed by atoms with van der Waals surface area (Å²) in [4.78, 5) is 22.3. The molecule has 0 radical (unpaired) electrons. The number of hydrogen-bond donors (Lipinski definition) is 4. The number of carbonyl (C=O) groups excluding carboxylic acids is 2. The number of primary amides is 1. The molecule has 1 aliphatic carbocycles. The van der Waals surface area contributed by atoms with Crippen molar-refractivity contribution in [1.82, 2.24) is 10.6 Å². The quantitative estimate of drug-likeness (QED) is 0.609. The van der Waals surface area contributed by atoms with Crippen molar-refractivity contribution in [1.29, 1.82) is 0 Å². The van der Waals surface area contributed by atoms with Gasteiger partial charge in [-0.25, -0.2) is 4.79 Å². The molecule has 1 aliphatic rings. The van der Waals surface area contributed by atoms with Crippen LogP contribution in [0.1, 0.15) is 18.4 Å². The Balaban J connectivity index is 0.00000220. The fraction of sp³-hybridized carbons (Fsp3) is 0.429. The number of urea groups is 1. The summed E-state index contributed by atoms with van der Waals surface area (Å²) in [5, 5.41) is 8.46. The number of nitrogens with two attached hydrogens (primary N) is 1. The zero-order chi connectivity index (χ0) is 14.4. The second-order valence-corrected chi connectivity index (χ2v) is 5.04. The first-order chi connectivity index (χ1) is 9.63. The van der Waals surface area contributed by atoms with Crippen molar-refractivity contribution in [3.63, 3.8) is 0 Å². The van der Waals surface area contributed by atoms with Crippen LogP contribution < -0.4 is 21.7 Å². The number of nitrogens with one attached hydrogen (secondary N) is 3. The molecule has 1 aromatic rings. The van der Waals surface area contributed by atoms with E-state index in [9.17, 15) is 9.59 Å². The number of amides is 3. The Morgan fingerprint density at radius 1 is 1.19 bits per heavy atom. The van der Waals surface area contributed by atoms with E-state index in [0.29, 0.717) is 18.8 Å². The third-order valence-corrected chi connectivity index (χ3v) is 3.13. The first-order valence-electron chi connectivity index (χ1n) is 6.76. The van der Waals surface area contributed by atoms with Crippen LogP contribution in [0.4, 0.5) is 10.5 Å². The highest BCUT2D eigenvalue weighted by molar-refractivity contribution is 5.87. The summed E-state index contributed by atoms with van der Waals surface area (Å²) in [6, 6.07) is 6.58. The van der Waals surface area contributed by atoms with Crippen molar-refractivity contribution >= 4 is 30.0 Å². The van der Waals surface area contributed by atoms with Gasteiger partial charge in [-0.1, -0.05) is 12.1 Å². The smallest absolute Gasteiger partial charge is 0.316 e. The molecular formula is C14H21ClN4O2. The molecule has 0 spiro atoms. The van der Waals surface area contributed by atoms with Gasteiger partial charge in [0.05, 0.1) is 6.54 Å². The van der Waals surface area contributed by atoms with Gasteiger partial charge in [0.25, 0.3) is 0 Å². The van der Waals surface area contributed by atoms with Crippen LogP contribution >= 0.6 is 12.4 Å². The van der Waals surface area contributed by atoms with Crippen molar-refractivity contribution < 1.29 is 9.59 Å². The summed E-state index contributed by atoms with van der Waals surface area (Å²) in [7, 11) is 0. The molecule has 0 aromatic heterocycles. The third kappa shape index (κ3) is 6.97. The molecule has 116 valence electrons. The zero-order valence-corrected chi connectivity index (χ0v) is 12.5. The molecule has 0 bridgehead atoms. The lowest BCUT2D eigenvalue weighted by molar-refractivity contribution is -0.120. The van der Waals surface area contributed by atoms with Gasteiger partial charge in [0.1, 0.15) is 0 Å². The van der Waals surface area contributed by atoms with E-state index < -0.39 is 6.03 Å². The molecule has 21 heavy (non-hydrogen) atoms. The first kappa shape index (κ1) is 17.3. The zero-order valence-electron chi connectivity index (χ0n) is 11.7. The van der Waals surface area contributed by atoms with Crippen molar-refractivity contribution in [3.8, 4) is 0 Å². The van der Waals surface area contributed by atoms with E-state index in [0.717, 1.165) is 18.0 Å². The predicted octanol–water partition coefficient (Wildman–Crippen LogP) is 1.21. The van der Waals surface area contributed by atoms with E-state index in [1.165, 1.54) is 12.8 Å². The van der Waals surface area contributed by atoms with E-state index in [4.69, 9.17) is 5.73 Å². The number of rotatable bonds is 7. The lowest BCUT2D eigenvalue weighted by Gasteiger charge is -2.07. The van der Waals surface area contributed by atoms with Gasteiger partial charge in [-0.2, -0.15) is 0 Å². The molecule has 0 atom stereocenters. The highest BCUT2D eigenvalue weighted by Gasteiger charge is 2.20. The van der Waals surface area contributed by atoms with Crippen LogP contribution in [0.2, 0.25) is 0 Å². The minimum Gasteiger partial charge on any atom is -0.351 e. The lowest BCUT2D eigenvalue weighted by atomic mass is 10.2. The Labute approximate surface area is 130 Å². The summed E-state index contributed by atoms with van der Waals surface area (Å²) in [6.07, 6.45) is 2.56. The molecule has 2 rings (SSSR count). The van der Waals surface area contributed by atoms with Crippen molar-refractivity contribution in [3.05, 3.63) is 29.8 Å². The van der Waals surface area contributed by atoms with Gasteiger partial charge < -0.3 is 21.7 Å². The average molecular weight is 313 g/mol. The topological polar surface area (TPSA) is 96.2 Å². The molecule has 6 nitrogen and oxygen atoms in total. The van der Waals surface area contributed by atoms with Gasteiger partial charge in [0, 0.05) is 12.2 Å². The molecular weight excluding hydrogens is 292 g/mol. The maximum Gasteiger partial charge on any atom is 0.316 e. The van der Waals surface area contributed by atoms with E-state index >= 15 is 0 Å². The monoisotopic (exact) mass is 312 g/mol. The highest BCUT2D eigenvalue weighted by atomic mass is 35.5. The predicted molar refractivity (Wildman–Crippen MR) is 84.3 cm³/mol. The molecule has 0 aliphatic heterocycles. The van der Waals surface area contributed by atoms with E-state index in [1.807, 2.05) is 12.1 Å². The van der Waals surface area contributed by atoms with Crippen molar-refractivity contribution in [2.24, 2.45) is 11.7 Å². The molecule has 5 N–H and O–H groups in total. The fourth-order valence-corrected chi connectivity index (χ4v) is 1.82. The van der Waals surface area contributed by atoms with E-state index in [2.05, 4.69) is 16.0 Å². The second-order valence-electron chi connectivity index (χ2n) is 5.04. The maximum atomic E-state index is 11.6. The van der Waals surface area contributed by atoms with Crippen LogP contribution in [0.25, 0.3) is 0 Å². The van der Waals surface area contributed by atoms with Gasteiger partial charge in [-0.3, -0.25) is 4.79 Å². The molecule has 0 unspecified atom stereocenters. The summed E-state index contributed by atoms with van der Waals surface area (Å²) in [5.41, 5.74) is 6.62. The second kappa shape index (κ2) is 8.49. The minimum absolute atomic E-state index is 0. The molecule has 0 saturated heterocycles. The van der Waals surface area contributed by atoms with Gasteiger partial charge in [-0.05, 0) is 43.0 Å². The van der Waals surface area contributed by atoms with Gasteiger partial charge in [0.15, 0.2) is 0 Å². The third-order valence-electron chi connectivity index (χ3n) is 3.13. The van der Waals surface area contributed by atoms with Crippen LogP contribution in [-0.4, -0.2) is 25.0 Å². The van der Waals surface area contributed by atoms with Gasteiger partial charge in [-0.15, -0.1) is 12.4 Å². The standard InChI is InChI=1S/C14H20N4O2.ClH/c15-14(20)18-12-5-3-11(4-6-12)8-17-13(19)9-16-7-10-1-2-10;/h3-6,10,16H,1-2,7-9H2,(H,17,19)(H3,15,18,20);1H. The molecule has 1 saturated carbocycles. The maximum absolute atomic E-state index is 11.6. The minimum atomic E-state index is -0.590. The average Bonchev–Trinajstić information content (AvgIpc) is 3.21. The van der Waals surface area contributed by atoms with Crippen LogP contribution in [0.15, 0.2) is 24.3 Å². The van der Waals surface area contributed by atoms with E-state index in [1.54, 1.807) is 12.1 Å². The van der Waals surface area contributed by atoms with Crippen molar-refractivity contribution in [2.45, 2.75) is 19.4 Å². The lowest BCUT2D eigenvalue weighted by Crippen LogP contribution is -2.34. The van der Waals surface area contributed by atoms with Crippen LogP contribution in [-0.2, 0) is 11.3 Å². The number of benzene rings is 1. The summed E-state index contributed by atoms with van der Waals surface area (Å²) < 4.78 is 0. The van der Waals surface area contributed by atoms with E-state index in [-0.39, 0.29) is 18.3 Å². The SMILES string of the molecule is Cl.NC(=O)Nc1ccc(CNC(=O)CNCC2CC2)cc1. The Hall–Kier alpha value is -1.79. The Bertz CT molecular complexity index is 474. The Morgan fingerprint density at radius 2 is 1.86 bits per heavy atom. The van der Waals surface area contributed by atoms with Gasteiger partial charge in [0.2, 0.25) is 5.91 Å². The Morgan fingerprint density at radius 3 is 2.43 bits per heavy atom. The molecule has 7 heteroatoms. The number of carbonyl (C=O) groups is 2. The van der Waals surface area contributed by atoms with Crippen molar-refractivity contribution in [2.75, 3.05) is 18.4 Å². The number of halogens is 1. The van der Waals surface area contributed by atoms with Crippen LogP contribution in [0.3, 0.4) is 0 Å². The van der Waals surface area contributed by atoms with Gasteiger partial charge >= 0.3 is 6.03 Å². The Kier molecular flexibility index (Phi) is 6.98. The molecule has 0 heterocycles. The normalized spacial score (nSPS) is 13.1. The molecule has 1 aromatic carbocycles. The summed E-state index contributed by atoms with van der Waals surface area (Å²) >= 11 is 0. The molecule has 1 fully saturated rings. The summed E-state index contributed by atoms with van der Waals surface area (Å²) in [5.74, 6) is 0.762. The largest absolute Gasteiger partial charge is 0.351 e. The fourth-order valence-electron chi connectivity index (χ4n) is 1.82. The van der Waals surface area contributed by atoms with Crippen LogP contribution in [0, 0.1) is 5.92 Å². The highest BCUT2D eigenvalue weighted by Crippen LogP contribution is 2.27. The van der Waals surface area contributed by atoms with Crippen LogP contribution in [0.5, 0.6) is 0 Å². The number of anilines is 1.